The molecule has 8 heteroatoms. The molecule has 0 saturated carbocycles. The molecule has 0 spiro atoms. The van der Waals surface area contributed by atoms with Crippen molar-refractivity contribution in [1.82, 2.24) is 5.32 Å². The Morgan fingerprint density at radius 1 is 1.07 bits per heavy atom. The van der Waals surface area contributed by atoms with Crippen LogP contribution >= 0.6 is 11.6 Å². The van der Waals surface area contributed by atoms with E-state index in [1.807, 2.05) is 32.0 Å². The first kappa shape index (κ1) is 22.2. The van der Waals surface area contributed by atoms with Crippen LogP contribution in [0.1, 0.15) is 36.1 Å². The maximum Gasteiger partial charge on any atom is 0.312 e. The van der Waals surface area contributed by atoms with Gasteiger partial charge in [-0.05, 0) is 43.5 Å². The number of anilines is 1. The van der Waals surface area contributed by atoms with E-state index in [1.54, 1.807) is 24.3 Å². The average Bonchev–Trinajstić information content (AvgIpc) is 2.64. The number of esters is 1. The zero-order chi connectivity index (χ0) is 21.6. The number of para-hydroxylation sites is 1. The Bertz CT molecular complexity index is 896. The van der Waals surface area contributed by atoms with Gasteiger partial charge in [-0.2, -0.15) is 0 Å². The van der Waals surface area contributed by atoms with Crippen molar-refractivity contribution in [1.29, 1.82) is 0 Å². The van der Waals surface area contributed by atoms with Crippen LogP contribution in [0.15, 0.2) is 42.5 Å². The minimum atomic E-state index is -1.03. The van der Waals surface area contributed by atoms with Gasteiger partial charge in [-0.1, -0.05) is 48.0 Å². The Labute approximate surface area is 174 Å². The lowest BCUT2D eigenvalue weighted by Crippen LogP contribution is -2.36. The molecule has 154 valence electrons. The number of rotatable bonds is 7. The van der Waals surface area contributed by atoms with Gasteiger partial charge in [-0.25, -0.2) is 4.79 Å². The van der Waals surface area contributed by atoms with E-state index in [9.17, 15) is 14.4 Å². The topological polar surface area (TPSA) is 111 Å². The molecule has 0 aliphatic heterocycles. The fourth-order valence-electron chi connectivity index (χ4n) is 2.87. The number of nitrogens with one attached hydrogen (secondary N) is 2. The first-order valence-electron chi connectivity index (χ1n) is 9.06. The van der Waals surface area contributed by atoms with Crippen LogP contribution in [0, 0.1) is 13.8 Å². The van der Waals surface area contributed by atoms with Gasteiger partial charge in [0.05, 0.1) is 12.5 Å². The predicted octanol–water partition coefficient (Wildman–Crippen LogP) is 3.63. The molecule has 0 saturated heterocycles. The van der Waals surface area contributed by atoms with Gasteiger partial charge in [-0.15, -0.1) is 0 Å². The molecule has 3 amide bonds. The van der Waals surface area contributed by atoms with Crippen LogP contribution in [-0.2, 0) is 14.3 Å². The number of ether oxygens (including phenoxy) is 1. The number of primary amides is 1. The molecule has 2 aromatic carbocycles. The maximum absolute atomic E-state index is 12.4. The predicted molar refractivity (Wildman–Crippen MR) is 112 cm³/mol. The molecule has 0 heterocycles. The van der Waals surface area contributed by atoms with E-state index in [2.05, 4.69) is 10.6 Å². The third-order valence-electron chi connectivity index (χ3n) is 4.37. The maximum atomic E-state index is 12.4. The zero-order valence-corrected chi connectivity index (χ0v) is 17.2. The minimum absolute atomic E-state index is 0.228. The molecule has 4 N–H and O–H groups in total. The first-order valence-corrected chi connectivity index (χ1v) is 9.43. The Morgan fingerprint density at radius 3 is 2.28 bits per heavy atom. The second kappa shape index (κ2) is 9.93. The normalized spacial score (nSPS) is 12.6. The number of halogens is 1. The summed E-state index contributed by atoms with van der Waals surface area (Å²) in [4.78, 5) is 36.1. The van der Waals surface area contributed by atoms with Crippen LogP contribution in [0.5, 0.6) is 0 Å². The lowest BCUT2D eigenvalue weighted by atomic mass is 10.0. The molecule has 0 bridgehead atoms. The van der Waals surface area contributed by atoms with E-state index in [4.69, 9.17) is 22.1 Å². The van der Waals surface area contributed by atoms with Crippen molar-refractivity contribution in [3.05, 3.63) is 64.2 Å². The Balaban J connectivity index is 2.04. The molecule has 7 nitrogen and oxygen atoms in total. The lowest BCUT2D eigenvalue weighted by molar-refractivity contribution is -0.153. The van der Waals surface area contributed by atoms with Crippen molar-refractivity contribution in [3.8, 4) is 0 Å². The Hall–Kier alpha value is -3.06. The van der Waals surface area contributed by atoms with Crippen LogP contribution in [-0.4, -0.2) is 24.0 Å². The summed E-state index contributed by atoms with van der Waals surface area (Å²) in [6.07, 6.45) is -1.25. The molecule has 0 fully saturated rings. The number of carbonyl (C=O) groups excluding carboxylic acids is 3. The molecule has 0 radical (unpaired) electrons. The fourth-order valence-corrected chi connectivity index (χ4v) is 3.14. The van der Waals surface area contributed by atoms with E-state index in [-0.39, 0.29) is 6.42 Å². The largest absolute Gasteiger partial charge is 0.452 e. The number of hydrogen-bond donors (Lipinski definition) is 3. The van der Waals surface area contributed by atoms with Crippen LogP contribution in [0.4, 0.5) is 10.5 Å². The molecule has 0 aliphatic rings. The van der Waals surface area contributed by atoms with Gasteiger partial charge in [0.1, 0.15) is 0 Å². The minimum Gasteiger partial charge on any atom is -0.452 e. The number of aryl methyl sites for hydroxylation is 2. The quantitative estimate of drug-likeness (QED) is 0.597. The highest BCUT2D eigenvalue weighted by molar-refractivity contribution is 6.31. The standard InChI is InChI=1S/C21H24ClN3O4/c1-12-7-6-8-13(2)19(12)25-20(27)14(3)29-18(26)11-17(24-21(23)28)15-9-4-5-10-16(15)22/h4-10,14,17H,11H2,1-3H3,(H,25,27)(H3,23,24,28)/t14-,17+/m0/s1. The number of benzene rings is 2. The number of urea groups is 1. The van der Waals surface area contributed by atoms with E-state index >= 15 is 0 Å². The summed E-state index contributed by atoms with van der Waals surface area (Å²) >= 11 is 6.15. The molecule has 0 aromatic heterocycles. The van der Waals surface area contributed by atoms with Crippen molar-refractivity contribution in [2.24, 2.45) is 5.73 Å². The van der Waals surface area contributed by atoms with Crippen LogP contribution in [0.2, 0.25) is 5.02 Å². The van der Waals surface area contributed by atoms with Crippen molar-refractivity contribution < 1.29 is 19.1 Å². The molecule has 0 unspecified atom stereocenters. The third kappa shape index (κ3) is 6.22. The lowest BCUT2D eigenvalue weighted by Gasteiger charge is -2.20. The number of hydrogen-bond acceptors (Lipinski definition) is 4. The number of nitrogens with two attached hydrogens (primary N) is 1. The van der Waals surface area contributed by atoms with Crippen molar-refractivity contribution in [3.63, 3.8) is 0 Å². The smallest absolute Gasteiger partial charge is 0.312 e. The summed E-state index contributed by atoms with van der Waals surface area (Å²) in [6, 6.07) is 10.8. The highest BCUT2D eigenvalue weighted by Gasteiger charge is 2.24. The van der Waals surface area contributed by atoms with Gasteiger partial charge in [0.2, 0.25) is 0 Å². The highest BCUT2D eigenvalue weighted by Crippen LogP contribution is 2.26. The highest BCUT2D eigenvalue weighted by atomic mass is 35.5. The summed E-state index contributed by atoms with van der Waals surface area (Å²) < 4.78 is 5.25. The number of carbonyl (C=O) groups is 3. The molecular formula is C21H24ClN3O4. The van der Waals surface area contributed by atoms with E-state index in [0.29, 0.717) is 16.3 Å². The summed E-state index contributed by atoms with van der Waals surface area (Å²) in [5, 5.41) is 5.64. The van der Waals surface area contributed by atoms with Crippen molar-refractivity contribution >= 4 is 35.2 Å². The van der Waals surface area contributed by atoms with Crippen LogP contribution < -0.4 is 16.4 Å². The van der Waals surface area contributed by atoms with Crippen LogP contribution in [0.3, 0.4) is 0 Å². The molecule has 2 aromatic rings. The zero-order valence-electron chi connectivity index (χ0n) is 16.5. The summed E-state index contributed by atoms with van der Waals surface area (Å²) in [5.74, 6) is -1.12. The van der Waals surface area contributed by atoms with E-state index < -0.39 is 30.1 Å². The van der Waals surface area contributed by atoms with Gasteiger partial charge >= 0.3 is 12.0 Å². The average molecular weight is 418 g/mol. The Morgan fingerprint density at radius 2 is 1.69 bits per heavy atom. The molecule has 2 atom stereocenters. The van der Waals surface area contributed by atoms with Gasteiger partial charge < -0.3 is 21.1 Å². The second-order valence-electron chi connectivity index (χ2n) is 6.67. The molecule has 29 heavy (non-hydrogen) atoms. The van der Waals surface area contributed by atoms with Crippen LogP contribution in [0.25, 0.3) is 0 Å². The van der Waals surface area contributed by atoms with Gasteiger partial charge in [0.25, 0.3) is 5.91 Å². The van der Waals surface area contributed by atoms with Gasteiger partial charge in [-0.3, -0.25) is 9.59 Å². The number of amides is 3. The summed E-state index contributed by atoms with van der Waals surface area (Å²) in [7, 11) is 0. The van der Waals surface area contributed by atoms with E-state index in [1.165, 1.54) is 6.92 Å². The summed E-state index contributed by atoms with van der Waals surface area (Å²) in [6.45, 7) is 5.23. The Kier molecular flexibility index (Phi) is 7.61. The molecule has 2 rings (SSSR count). The molecule has 0 aliphatic carbocycles. The van der Waals surface area contributed by atoms with Crippen molar-refractivity contribution in [2.45, 2.75) is 39.3 Å². The second-order valence-corrected chi connectivity index (χ2v) is 7.08. The van der Waals surface area contributed by atoms with Crippen molar-refractivity contribution in [2.75, 3.05) is 5.32 Å². The fraction of sp³-hybridized carbons (Fsp3) is 0.286. The van der Waals surface area contributed by atoms with Gasteiger partial charge in [0.15, 0.2) is 6.10 Å². The third-order valence-corrected chi connectivity index (χ3v) is 4.72. The monoisotopic (exact) mass is 417 g/mol. The molecular weight excluding hydrogens is 394 g/mol. The first-order chi connectivity index (χ1) is 13.7. The summed E-state index contributed by atoms with van der Waals surface area (Å²) in [5.41, 5.74) is 8.23. The SMILES string of the molecule is Cc1cccc(C)c1NC(=O)[C@H](C)OC(=O)C[C@@H](NC(N)=O)c1ccccc1Cl. The van der Waals surface area contributed by atoms with Gasteiger partial charge in [0, 0.05) is 10.7 Å². The van der Waals surface area contributed by atoms with E-state index in [0.717, 1.165) is 11.1 Å².